The van der Waals surface area contributed by atoms with Crippen molar-refractivity contribution < 1.29 is 18.4 Å². The first-order chi connectivity index (χ1) is 13.4. The molecule has 0 saturated carbocycles. The van der Waals surface area contributed by atoms with Crippen LogP contribution in [0.5, 0.6) is 5.88 Å². The van der Waals surface area contributed by atoms with E-state index in [1.165, 1.54) is 0 Å². The third-order valence-corrected chi connectivity index (χ3v) is 5.23. The van der Waals surface area contributed by atoms with Gasteiger partial charge in [-0.25, -0.2) is 9.37 Å². The predicted molar refractivity (Wildman–Crippen MR) is 101 cm³/mol. The first-order valence-electron chi connectivity index (χ1n) is 8.87. The minimum absolute atomic E-state index is 0.0834. The van der Waals surface area contributed by atoms with Gasteiger partial charge in [0.15, 0.2) is 5.78 Å². The minimum atomic E-state index is -0.469. The number of aliphatic imine (C=N–C) groups is 1. The molecular weight excluding hydrogens is 387 g/mol. The summed E-state index contributed by atoms with van der Waals surface area (Å²) in [7, 11) is 0. The van der Waals surface area contributed by atoms with E-state index in [1.807, 2.05) is 4.90 Å². The summed E-state index contributed by atoms with van der Waals surface area (Å²) in [4.78, 5) is 21.8. The highest BCUT2D eigenvalue weighted by molar-refractivity contribution is 6.44. The number of carbonyl (C=O) groups is 1. The SMILES string of the molecule is Cc1noc(C)c1-c1cc(O[C@@H]2CCN(C3=C(Cl)C(=O)CN=C3)C2)ncc1F. The quantitative estimate of drug-likeness (QED) is 0.779. The van der Waals surface area contributed by atoms with Gasteiger partial charge in [-0.05, 0) is 13.8 Å². The Hall–Kier alpha value is -2.74. The van der Waals surface area contributed by atoms with Crippen molar-refractivity contribution in [2.75, 3.05) is 19.6 Å². The normalized spacial score (nSPS) is 19.6. The van der Waals surface area contributed by atoms with Gasteiger partial charge in [0.1, 0.15) is 29.3 Å². The van der Waals surface area contributed by atoms with E-state index >= 15 is 0 Å². The lowest BCUT2D eigenvalue weighted by molar-refractivity contribution is -0.113. The number of likely N-dealkylation sites (tertiary alicyclic amines) is 1. The summed E-state index contributed by atoms with van der Waals surface area (Å²) < 4.78 is 25.4. The summed E-state index contributed by atoms with van der Waals surface area (Å²) >= 11 is 6.13. The molecule has 0 bridgehead atoms. The molecule has 2 aliphatic heterocycles. The largest absolute Gasteiger partial charge is 0.472 e. The topological polar surface area (TPSA) is 80.8 Å². The fraction of sp³-hybridized carbons (Fsp3) is 0.368. The van der Waals surface area contributed by atoms with Gasteiger partial charge in [0, 0.05) is 30.8 Å². The Labute approximate surface area is 165 Å². The van der Waals surface area contributed by atoms with E-state index in [2.05, 4.69) is 15.1 Å². The van der Waals surface area contributed by atoms with E-state index in [1.54, 1.807) is 26.1 Å². The standard InChI is InChI=1S/C19H18ClFN4O3/c1-10-18(11(2)28-24-10)13-5-17(23-6-14(13)21)27-12-3-4-25(9-12)15-7-22-8-16(26)19(15)20/h5-7,12H,3-4,8-9H2,1-2H3/t12-/m1/s1. The number of allylic oxidation sites excluding steroid dienone is 1. The number of hydrogen-bond acceptors (Lipinski definition) is 7. The van der Waals surface area contributed by atoms with Crippen molar-refractivity contribution in [2.45, 2.75) is 26.4 Å². The summed E-state index contributed by atoms with van der Waals surface area (Å²) in [6.07, 6.45) is 3.31. The molecule has 0 aromatic carbocycles. The first kappa shape index (κ1) is 18.6. The number of pyridine rings is 1. The molecule has 9 heteroatoms. The molecule has 0 aliphatic carbocycles. The van der Waals surface area contributed by atoms with Gasteiger partial charge in [-0.3, -0.25) is 9.79 Å². The maximum absolute atomic E-state index is 14.3. The molecule has 2 aromatic rings. The number of rotatable bonds is 4. The molecule has 4 heterocycles. The number of ketones is 1. The number of carbonyl (C=O) groups excluding carboxylic acids is 1. The van der Waals surface area contributed by atoms with Crippen LogP contribution >= 0.6 is 11.6 Å². The van der Waals surface area contributed by atoms with E-state index in [4.69, 9.17) is 20.9 Å². The summed E-state index contributed by atoms with van der Waals surface area (Å²) in [5, 5.41) is 4.08. The first-order valence-corrected chi connectivity index (χ1v) is 9.25. The van der Waals surface area contributed by atoms with Crippen molar-refractivity contribution in [3.8, 4) is 17.0 Å². The Balaban J connectivity index is 1.52. The minimum Gasteiger partial charge on any atom is -0.472 e. The fourth-order valence-corrected chi connectivity index (χ4v) is 3.69. The average molecular weight is 405 g/mol. The Bertz CT molecular complexity index is 982. The smallest absolute Gasteiger partial charge is 0.214 e. The zero-order valence-corrected chi connectivity index (χ0v) is 16.2. The predicted octanol–water partition coefficient (Wildman–Crippen LogP) is 3.05. The van der Waals surface area contributed by atoms with Crippen LogP contribution in [0.4, 0.5) is 4.39 Å². The van der Waals surface area contributed by atoms with E-state index in [9.17, 15) is 9.18 Å². The number of nitrogens with zero attached hydrogens (tertiary/aromatic N) is 4. The average Bonchev–Trinajstić information content (AvgIpc) is 3.26. The van der Waals surface area contributed by atoms with Gasteiger partial charge < -0.3 is 14.2 Å². The molecule has 146 valence electrons. The fourth-order valence-electron chi connectivity index (χ4n) is 3.46. The molecular formula is C19H18ClFN4O3. The molecule has 1 fully saturated rings. The van der Waals surface area contributed by atoms with E-state index in [-0.39, 0.29) is 23.5 Å². The van der Waals surface area contributed by atoms with Crippen molar-refractivity contribution >= 4 is 23.6 Å². The summed E-state index contributed by atoms with van der Waals surface area (Å²) in [5.41, 5.74) is 2.16. The summed E-state index contributed by atoms with van der Waals surface area (Å²) in [6, 6.07) is 1.56. The van der Waals surface area contributed by atoms with Crippen LogP contribution in [-0.4, -0.2) is 52.8 Å². The van der Waals surface area contributed by atoms with E-state index in [0.29, 0.717) is 47.2 Å². The molecule has 0 radical (unpaired) electrons. The number of halogens is 2. The Morgan fingerprint density at radius 2 is 2.21 bits per heavy atom. The zero-order chi connectivity index (χ0) is 19.8. The van der Waals surface area contributed by atoms with Crippen molar-refractivity contribution in [2.24, 2.45) is 4.99 Å². The lowest BCUT2D eigenvalue weighted by Crippen LogP contribution is -2.28. The van der Waals surface area contributed by atoms with Crippen LogP contribution in [0.1, 0.15) is 17.9 Å². The van der Waals surface area contributed by atoms with Gasteiger partial charge in [0.25, 0.3) is 0 Å². The lowest BCUT2D eigenvalue weighted by Gasteiger charge is -2.22. The highest BCUT2D eigenvalue weighted by Gasteiger charge is 2.29. The molecule has 0 unspecified atom stereocenters. The van der Waals surface area contributed by atoms with Crippen LogP contribution < -0.4 is 4.74 Å². The highest BCUT2D eigenvalue weighted by atomic mass is 35.5. The van der Waals surface area contributed by atoms with E-state index < -0.39 is 5.82 Å². The van der Waals surface area contributed by atoms with Gasteiger partial charge in [0.2, 0.25) is 5.88 Å². The monoisotopic (exact) mass is 404 g/mol. The molecule has 28 heavy (non-hydrogen) atoms. The zero-order valence-electron chi connectivity index (χ0n) is 15.4. The van der Waals surface area contributed by atoms with Crippen LogP contribution in [0.15, 0.2) is 32.5 Å². The molecule has 1 atom stereocenters. The molecule has 0 N–H and O–H groups in total. The second-order valence-corrected chi connectivity index (χ2v) is 7.15. The molecule has 1 saturated heterocycles. The van der Waals surface area contributed by atoms with Crippen molar-refractivity contribution in [1.82, 2.24) is 15.0 Å². The van der Waals surface area contributed by atoms with Crippen molar-refractivity contribution in [3.63, 3.8) is 0 Å². The summed E-state index contributed by atoms with van der Waals surface area (Å²) in [6.45, 7) is 4.78. The lowest BCUT2D eigenvalue weighted by atomic mass is 10.1. The Kier molecular flexibility index (Phi) is 4.89. The number of dihydropyridines is 1. The number of aromatic nitrogens is 2. The van der Waals surface area contributed by atoms with Crippen LogP contribution in [0.3, 0.4) is 0 Å². The van der Waals surface area contributed by atoms with Crippen LogP contribution in [-0.2, 0) is 4.79 Å². The molecule has 2 aromatic heterocycles. The number of hydrogen-bond donors (Lipinski definition) is 0. The van der Waals surface area contributed by atoms with Crippen LogP contribution in [0.2, 0.25) is 0 Å². The van der Waals surface area contributed by atoms with Crippen molar-refractivity contribution in [1.29, 1.82) is 0 Å². The molecule has 4 rings (SSSR count). The van der Waals surface area contributed by atoms with Gasteiger partial charge in [-0.2, -0.15) is 0 Å². The number of Topliss-reactive ketones (excluding diaryl/α,β-unsaturated/α-hetero) is 1. The number of ether oxygens (including phenoxy) is 1. The van der Waals surface area contributed by atoms with E-state index in [0.717, 1.165) is 12.6 Å². The van der Waals surface area contributed by atoms with Crippen molar-refractivity contribution in [3.05, 3.63) is 40.3 Å². The second kappa shape index (κ2) is 7.35. The maximum atomic E-state index is 14.3. The highest BCUT2D eigenvalue weighted by Crippen LogP contribution is 2.32. The van der Waals surface area contributed by atoms with Gasteiger partial charge >= 0.3 is 0 Å². The van der Waals surface area contributed by atoms with Gasteiger partial charge in [-0.15, -0.1) is 0 Å². The maximum Gasteiger partial charge on any atom is 0.214 e. The molecule has 2 aliphatic rings. The molecule has 0 amide bonds. The third kappa shape index (κ3) is 3.40. The van der Waals surface area contributed by atoms with Gasteiger partial charge in [-0.1, -0.05) is 16.8 Å². The number of aryl methyl sites for hydroxylation is 2. The van der Waals surface area contributed by atoms with Gasteiger partial charge in [0.05, 0.1) is 29.7 Å². The van der Waals surface area contributed by atoms with Crippen LogP contribution in [0, 0.1) is 19.7 Å². The summed E-state index contributed by atoms with van der Waals surface area (Å²) in [5.74, 6) is 0.191. The second-order valence-electron chi connectivity index (χ2n) is 6.77. The molecule has 0 spiro atoms. The third-order valence-electron chi connectivity index (χ3n) is 4.82. The van der Waals surface area contributed by atoms with Crippen LogP contribution in [0.25, 0.3) is 11.1 Å². The Morgan fingerprint density at radius 3 is 2.96 bits per heavy atom. The molecule has 7 nitrogen and oxygen atoms in total. The Morgan fingerprint density at radius 1 is 1.39 bits per heavy atom.